The van der Waals surface area contributed by atoms with E-state index in [1.54, 1.807) is 42.5 Å². The van der Waals surface area contributed by atoms with Crippen molar-refractivity contribution in [1.29, 1.82) is 0 Å². The second-order valence-corrected chi connectivity index (χ2v) is 8.23. The summed E-state index contributed by atoms with van der Waals surface area (Å²) in [6.07, 6.45) is -1.04. The summed E-state index contributed by atoms with van der Waals surface area (Å²) in [7, 11) is 0. The van der Waals surface area contributed by atoms with Crippen LogP contribution in [0.25, 0.3) is 0 Å². The summed E-state index contributed by atoms with van der Waals surface area (Å²) in [6.45, 7) is -0.350. The number of carbonyl (C=O) groups excluding carboxylic acids is 1. The molecule has 0 aromatic heterocycles. The van der Waals surface area contributed by atoms with E-state index in [-0.39, 0.29) is 24.5 Å². The topological polar surface area (TPSA) is 79.8 Å². The van der Waals surface area contributed by atoms with Crippen molar-refractivity contribution in [3.05, 3.63) is 86.5 Å². The zero-order valence-electron chi connectivity index (χ0n) is 16.4. The minimum absolute atomic E-state index is 0.0129. The number of amides is 1. The van der Waals surface area contributed by atoms with Gasteiger partial charge >= 0.3 is 0 Å². The van der Waals surface area contributed by atoms with Gasteiger partial charge in [-0.05, 0) is 59.0 Å². The van der Waals surface area contributed by atoms with E-state index in [2.05, 4.69) is 33.4 Å². The number of hydrogen-bond donors (Lipinski definition) is 3. The predicted molar refractivity (Wildman–Crippen MR) is 125 cm³/mol. The van der Waals surface area contributed by atoms with Gasteiger partial charge in [-0.3, -0.25) is 9.63 Å². The lowest BCUT2D eigenvalue weighted by Gasteiger charge is -2.15. The Bertz CT molecular complexity index is 1090. The van der Waals surface area contributed by atoms with Gasteiger partial charge in [0.25, 0.3) is 5.91 Å². The molecule has 0 bridgehead atoms. The number of anilines is 2. The van der Waals surface area contributed by atoms with Crippen LogP contribution in [-0.2, 0) is 4.84 Å². The maximum atomic E-state index is 13.8. The minimum atomic E-state index is -1.20. The van der Waals surface area contributed by atoms with Gasteiger partial charge in [-0.25, -0.2) is 14.3 Å². The van der Waals surface area contributed by atoms with E-state index in [1.807, 2.05) is 6.07 Å². The Kier molecular flexibility index (Phi) is 8.62. The average Bonchev–Trinajstić information content (AvgIpc) is 2.77. The molecular weight excluding hydrogens is 557 g/mol. The molecule has 1 unspecified atom stereocenters. The minimum Gasteiger partial charge on any atom is -0.491 e. The third-order valence-electron chi connectivity index (χ3n) is 4.13. The number of carbonyl (C=O) groups is 1. The molecule has 1 atom stereocenters. The van der Waals surface area contributed by atoms with E-state index in [0.29, 0.717) is 16.5 Å². The van der Waals surface area contributed by atoms with Crippen LogP contribution in [0, 0.1) is 15.2 Å². The summed E-state index contributed by atoms with van der Waals surface area (Å²) >= 11 is 8.25. The number of hydroxylamine groups is 1. The first-order valence-electron chi connectivity index (χ1n) is 9.32. The highest BCUT2D eigenvalue weighted by Gasteiger charge is 2.18. The molecule has 3 aromatic carbocycles. The average molecular weight is 575 g/mol. The molecule has 0 saturated carbocycles. The summed E-state index contributed by atoms with van der Waals surface area (Å²) < 4.78 is 33.9. The van der Waals surface area contributed by atoms with Crippen molar-refractivity contribution in [3.8, 4) is 5.75 Å². The summed E-state index contributed by atoms with van der Waals surface area (Å²) in [5.41, 5.74) is 2.28. The first kappa shape index (κ1) is 24.2. The van der Waals surface area contributed by atoms with E-state index >= 15 is 0 Å². The van der Waals surface area contributed by atoms with Crippen molar-refractivity contribution in [3.63, 3.8) is 0 Å². The van der Waals surface area contributed by atoms with Gasteiger partial charge in [0.05, 0.1) is 22.0 Å². The van der Waals surface area contributed by atoms with Crippen LogP contribution >= 0.6 is 34.2 Å². The zero-order valence-corrected chi connectivity index (χ0v) is 19.4. The standard InChI is InChI=1S/C22H18ClF2IN2O4/c23-17-8-13(26)6-7-20(17)27-21-10-19(25)18(24)9-16(21)22(30)28-32-12-14(29)11-31-15-4-2-1-3-5-15/h1-10,14,27,29H,11-12H2,(H,28,30). The fraction of sp³-hybridized carbons (Fsp3) is 0.136. The van der Waals surface area contributed by atoms with E-state index in [9.17, 15) is 18.7 Å². The number of hydrogen-bond acceptors (Lipinski definition) is 5. The van der Waals surface area contributed by atoms with Crippen molar-refractivity contribution in [2.45, 2.75) is 6.10 Å². The molecule has 0 spiro atoms. The molecule has 6 nitrogen and oxygen atoms in total. The van der Waals surface area contributed by atoms with E-state index in [1.165, 1.54) is 0 Å². The van der Waals surface area contributed by atoms with Gasteiger partial charge in [-0.1, -0.05) is 29.8 Å². The summed E-state index contributed by atoms with van der Waals surface area (Å²) in [4.78, 5) is 17.5. The molecule has 0 radical (unpaired) electrons. The highest BCUT2D eigenvalue weighted by atomic mass is 127. The van der Waals surface area contributed by atoms with E-state index in [4.69, 9.17) is 21.2 Å². The molecule has 3 aromatic rings. The monoisotopic (exact) mass is 574 g/mol. The molecule has 3 rings (SSSR count). The number of para-hydroxylation sites is 1. The Hall–Kier alpha value is -2.47. The molecule has 0 heterocycles. The first-order valence-corrected chi connectivity index (χ1v) is 10.8. The van der Waals surface area contributed by atoms with Gasteiger partial charge < -0.3 is 15.2 Å². The number of halogens is 4. The van der Waals surface area contributed by atoms with Crippen molar-refractivity contribution in [1.82, 2.24) is 5.48 Å². The largest absolute Gasteiger partial charge is 0.491 e. The lowest BCUT2D eigenvalue weighted by atomic mass is 10.1. The SMILES string of the molecule is O=C(NOCC(O)COc1ccccc1)c1cc(F)c(F)cc1Nc1ccc(I)cc1Cl. The van der Waals surface area contributed by atoms with Crippen LogP contribution in [0.15, 0.2) is 60.7 Å². The van der Waals surface area contributed by atoms with Crippen molar-refractivity contribution >= 4 is 51.5 Å². The molecular formula is C22H18ClF2IN2O4. The third-order valence-corrected chi connectivity index (χ3v) is 5.12. The molecule has 1 amide bonds. The van der Waals surface area contributed by atoms with Crippen molar-refractivity contribution in [2.24, 2.45) is 0 Å². The molecule has 3 N–H and O–H groups in total. The Labute approximate surface area is 201 Å². The smallest absolute Gasteiger partial charge is 0.277 e. The van der Waals surface area contributed by atoms with E-state index < -0.39 is 23.6 Å². The third kappa shape index (κ3) is 6.76. The molecule has 0 aliphatic heterocycles. The quantitative estimate of drug-likeness (QED) is 0.246. The second-order valence-electron chi connectivity index (χ2n) is 6.58. The van der Waals surface area contributed by atoms with Crippen molar-refractivity contribution in [2.75, 3.05) is 18.5 Å². The maximum absolute atomic E-state index is 13.8. The molecule has 168 valence electrons. The Morgan fingerprint density at radius 3 is 2.47 bits per heavy atom. The number of aliphatic hydroxyl groups excluding tert-OH is 1. The summed E-state index contributed by atoms with van der Waals surface area (Å²) in [5, 5.41) is 13.1. The fourth-order valence-electron chi connectivity index (χ4n) is 2.59. The molecule has 0 saturated heterocycles. The van der Waals surface area contributed by atoms with Crippen LogP contribution in [0.5, 0.6) is 5.75 Å². The van der Waals surface area contributed by atoms with Crippen LogP contribution in [0.3, 0.4) is 0 Å². The maximum Gasteiger partial charge on any atom is 0.277 e. The van der Waals surface area contributed by atoms with Gasteiger partial charge in [0.15, 0.2) is 11.6 Å². The highest BCUT2D eigenvalue weighted by molar-refractivity contribution is 14.1. The number of rotatable bonds is 9. The number of nitrogens with one attached hydrogen (secondary N) is 2. The Morgan fingerprint density at radius 2 is 1.75 bits per heavy atom. The first-order chi connectivity index (χ1) is 15.3. The number of benzene rings is 3. The zero-order chi connectivity index (χ0) is 23.1. The summed E-state index contributed by atoms with van der Waals surface area (Å²) in [6, 6.07) is 15.5. The van der Waals surface area contributed by atoms with Crippen LogP contribution < -0.4 is 15.5 Å². The van der Waals surface area contributed by atoms with Crippen LogP contribution in [0.4, 0.5) is 20.2 Å². The van der Waals surface area contributed by atoms with Gasteiger partial charge in [-0.15, -0.1) is 0 Å². The van der Waals surface area contributed by atoms with Crippen LogP contribution in [-0.4, -0.2) is 30.3 Å². The lowest BCUT2D eigenvalue weighted by Crippen LogP contribution is -2.31. The fourth-order valence-corrected chi connectivity index (χ4v) is 3.49. The molecule has 10 heteroatoms. The van der Waals surface area contributed by atoms with E-state index in [0.717, 1.165) is 15.7 Å². The normalized spacial score (nSPS) is 11.7. The second kappa shape index (κ2) is 11.4. The lowest BCUT2D eigenvalue weighted by molar-refractivity contribution is -0.0259. The molecule has 0 aliphatic rings. The van der Waals surface area contributed by atoms with Gasteiger partial charge in [0.2, 0.25) is 0 Å². The van der Waals surface area contributed by atoms with Gasteiger partial charge in [0.1, 0.15) is 25.1 Å². The molecule has 0 fully saturated rings. The Balaban J connectivity index is 1.62. The van der Waals surface area contributed by atoms with Gasteiger partial charge in [0, 0.05) is 9.64 Å². The predicted octanol–water partition coefficient (Wildman–Crippen LogP) is 5.07. The summed E-state index contributed by atoms with van der Waals surface area (Å²) in [5.74, 6) is -2.61. The molecule has 0 aliphatic carbocycles. The van der Waals surface area contributed by atoms with Crippen LogP contribution in [0.2, 0.25) is 5.02 Å². The van der Waals surface area contributed by atoms with Gasteiger partial charge in [-0.2, -0.15) is 0 Å². The number of ether oxygens (including phenoxy) is 1. The van der Waals surface area contributed by atoms with Crippen LogP contribution in [0.1, 0.15) is 10.4 Å². The molecule has 32 heavy (non-hydrogen) atoms. The highest BCUT2D eigenvalue weighted by Crippen LogP contribution is 2.30. The van der Waals surface area contributed by atoms with Crippen molar-refractivity contribution < 1.29 is 28.3 Å². The Morgan fingerprint density at radius 1 is 1.03 bits per heavy atom. The number of aliphatic hydroxyl groups is 1.